The summed E-state index contributed by atoms with van der Waals surface area (Å²) in [5.41, 5.74) is 17.4. The molecule has 0 amide bonds. The minimum Gasteiger partial charge on any atom is -0.456 e. The number of nitrogens with zero attached hydrogens (tertiary/aromatic N) is 4. The Kier molecular flexibility index (Phi) is 8.72. The SMILES string of the molecule is [C-]#[N+]c1ccc2c(c1)-c1ccc(-c3cccc(-c4ccc(-c5nc(-c6ccc(-c7ccccc7)cc6)nc(-c6ccc7c(c6)oc6ccccc67)n5)cc4)c3)cc1C21CCCCC1. The summed E-state index contributed by atoms with van der Waals surface area (Å²) in [5.74, 6) is 1.79. The minimum atomic E-state index is 0.0213. The highest BCUT2D eigenvalue weighted by atomic mass is 16.3. The van der Waals surface area contributed by atoms with E-state index in [0.29, 0.717) is 23.2 Å². The van der Waals surface area contributed by atoms with Crippen LogP contribution >= 0.6 is 0 Å². The molecule has 298 valence electrons. The van der Waals surface area contributed by atoms with Crippen LogP contribution in [0.4, 0.5) is 5.69 Å². The predicted octanol–water partition coefficient (Wildman–Crippen LogP) is 15.6. The molecule has 12 rings (SSSR count). The van der Waals surface area contributed by atoms with Gasteiger partial charge in [0.15, 0.2) is 23.2 Å². The number of para-hydroxylation sites is 1. The van der Waals surface area contributed by atoms with E-state index in [1.807, 2.05) is 36.4 Å². The van der Waals surface area contributed by atoms with Crippen molar-refractivity contribution in [1.29, 1.82) is 0 Å². The highest BCUT2D eigenvalue weighted by molar-refractivity contribution is 6.05. The van der Waals surface area contributed by atoms with Crippen LogP contribution in [0.25, 0.3) is 105 Å². The second-order valence-corrected chi connectivity index (χ2v) is 17.0. The summed E-state index contributed by atoms with van der Waals surface area (Å²) in [6.07, 6.45) is 6.05. The molecule has 0 radical (unpaired) electrons. The second kappa shape index (κ2) is 14.9. The lowest BCUT2D eigenvalue weighted by molar-refractivity contribution is 0.353. The molecule has 10 aromatic rings. The standard InChI is InChI=1S/C58H40N4O/c1-59-46-27-30-51-50(36-46)47-28-25-44(34-52(47)58(51)31-8-3-9-32-58)43-14-10-13-42(33-43)39-19-23-41(24-20-39)56-60-55(40-21-17-38(18-22-40)37-11-4-2-5-12-37)61-57(62-56)45-26-29-49-48-15-6-7-16-53(48)63-54(49)35-45/h2,4-7,10-30,33-36H,3,8-9,31-32H2. The van der Waals surface area contributed by atoms with Crippen LogP contribution in [0.15, 0.2) is 186 Å². The van der Waals surface area contributed by atoms with E-state index in [1.165, 1.54) is 52.6 Å². The lowest BCUT2D eigenvalue weighted by Gasteiger charge is -2.36. The highest BCUT2D eigenvalue weighted by Crippen LogP contribution is 2.57. The number of furan rings is 1. The molecule has 5 heteroatoms. The summed E-state index contributed by atoms with van der Waals surface area (Å²) < 4.78 is 6.28. The largest absolute Gasteiger partial charge is 0.456 e. The van der Waals surface area contributed by atoms with Crippen LogP contribution < -0.4 is 0 Å². The third-order valence-electron chi connectivity index (χ3n) is 13.4. The molecule has 5 nitrogen and oxygen atoms in total. The normalized spacial score (nSPS) is 13.8. The molecule has 0 unspecified atom stereocenters. The fourth-order valence-electron chi connectivity index (χ4n) is 10.2. The first-order chi connectivity index (χ1) is 31.1. The van der Waals surface area contributed by atoms with E-state index in [2.05, 4.69) is 150 Å². The average molecular weight is 809 g/mol. The molecule has 0 N–H and O–H groups in total. The highest BCUT2D eigenvalue weighted by Gasteiger charge is 2.43. The summed E-state index contributed by atoms with van der Waals surface area (Å²) in [7, 11) is 0. The molecule has 0 bridgehead atoms. The molecule has 2 aliphatic rings. The van der Waals surface area contributed by atoms with Gasteiger partial charge in [-0.25, -0.2) is 19.8 Å². The van der Waals surface area contributed by atoms with E-state index in [0.717, 1.165) is 73.7 Å². The molecule has 0 atom stereocenters. The molecule has 2 heterocycles. The molecule has 0 saturated heterocycles. The van der Waals surface area contributed by atoms with Gasteiger partial charge in [0, 0.05) is 32.9 Å². The topological polar surface area (TPSA) is 56.2 Å². The van der Waals surface area contributed by atoms with Gasteiger partial charge in [-0.15, -0.1) is 0 Å². The Bertz CT molecular complexity index is 3430. The van der Waals surface area contributed by atoms with Gasteiger partial charge in [-0.3, -0.25) is 0 Å². The Balaban J connectivity index is 0.898. The van der Waals surface area contributed by atoms with Gasteiger partial charge in [0.2, 0.25) is 0 Å². The fraction of sp³-hybridized carbons (Fsp3) is 0.103. The Morgan fingerprint density at radius 1 is 0.397 bits per heavy atom. The summed E-state index contributed by atoms with van der Waals surface area (Å²) in [6.45, 7) is 7.68. The van der Waals surface area contributed by atoms with Crippen molar-refractivity contribution < 1.29 is 4.42 Å². The molecular weight excluding hydrogens is 769 g/mol. The number of hydrogen-bond donors (Lipinski definition) is 0. The average Bonchev–Trinajstić information content (AvgIpc) is 3.86. The van der Waals surface area contributed by atoms with Crippen LogP contribution in [0.3, 0.4) is 0 Å². The first kappa shape index (κ1) is 36.9. The summed E-state index contributed by atoms with van der Waals surface area (Å²) in [4.78, 5) is 19.0. The smallest absolute Gasteiger partial charge is 0.187 e. The molecular formula is C58H40N4O. The zero-order chi connectivity index (χ0) is 41.9. The van der Waals surface area contributed by atoms with Crippen molar-refractivity contribution in [2.75, 3.05) is 0 Å². The van der Waals surface area contributed by atoms with Gasteiger partial charge in [0.1, 0.15) is 11.2 Å². The van der Waals surface area contributed by atoms with E-state index in [-0.39, 0.29) is 5.41 Å². The molecule has 1 fully saturated rings. The molecule has 1 spiro atoms. The maximum Gasteiger partial charge on any atom is 0.187 e. The Hall–Kier alpha value is -7.94. The molecule has 0 aliphatic heterocycles. The van der Waals surface area contributed by atoms with Gasteiger partial charge in [-0.1, -0.05) is 165 Å². The number of rotatable bonds is 6. The van der Waals surface area contributed by atoms with Crippen molar-refractivity contribution in [2.24, 2.45) is 0 Å². The maximum absolute atomic E-state index is 7.68. The summed E-state index contributed by atoms with van der Waals surface area (Å²) in [5, 5.41) is 2.15. The third kappa shape index (κ3) is 6.34. The van der Waals surface area contributed by atoms with E-state index in [1.54, 1.807) is 0 Å². The first-order valence-electron chi connectivity index (χ1n) is 21.8. The Morgan fingerprint density at radius 3 is 1.68 bits per heavy atom. The predicted molar refractivity (Wildman–Crippen MR) is 255 cm³/mol. The monoisotopic (exact) mass is 808 g/mol. The zero-order valence-electron chi connectivity index (χ0n) is 34.6. The fourth-order valence-corrected chi connectivity index (χ4v) is 10.2. The Morgan fingerprint density at radius 2 is 0.952 bits per heavy atom. The van der Waals surface area contributed by atoms with Crippen molar-refractivity contribution in [2.45, 2.75) is 37.5 Å². The van der Waals surface area contributed by atoms with Gasteiger partial charge >= 0.3 is 0 Å². The molecule has 8 aromatic carbocycles. The van der Waals surface area contributed by atoms with Gasteiger partial charge < -0.3 is 4.42 Å². The third-order valence-corrected chi connectivity index (χ3v) is 13.4. The first-order valence-corrected chi connectivity index (χ1v) is 21.8. The second-order valence-electron chi connectivity index (χ2n) is 17.0. The van der Waals surface area contributed by atoms with Crippen LogP contribution in [0.2, 0.25) is 0 Å². The van der Waals surface area contributed by atoms with Crippen molar-refractivity contribution in [3.05, 3.63) is 205 Å². The molecule has 2 aliphatic carbocycles. The van der Waals surface area contributed by atoms with Gasteiger partial charge in [0.05, 0.1) is 6.57 Å². The molecule has 63 heavy (non-hydrogen) atoms. The summed E-state index contributed by atoms with van der Waals surface area (Å²) in [6, 6.07) is 63.9. The number of hydrogen-bond acceptors (Lipinski definition) is 4. The van der Waals surface area contributed by atoms with Crippen molar-refractivity contribution in [1.82, 2.24) is 15.0 Å². The quantitative estimate of drug-likeness (QED) is 0.157. The van der Waals surface area contributed by atoms with E-state index in [4.69, 9.17) is 25.9 Å². The minimum absolute atomic E-state index is 0.0213. The van der Waals surface area contributed by atoms with Gasteiger partial charge in [-0.05, 0) is 105 Å². The summed E-state index contributed by atoms with van der Waals surface area (Å²) >= 11 is 0. The van der Waals surface area contributed by atoms with Gasteiger partial charge in [-0.2, -0.15) is 0 Å². The lowest BCUT2D eigenvalue weighted by Crippen LogP contribution is -2.28. The molecule has 1 saturated carbocycles. The molecule has 2 aromatic heterocycles. The van der Waals surface area contributed by atoms with Crippen LogP contribution in [-0.2, 0) is 5.41 Å². The Labute approximate surface area is 366 Å². The van der Waals surface area contributed by atoms with Gasteiger partial charge in [0.25, 0.3) is 0 Å². The lowest BCUT2D eigenvalue weighted by atomic mass is 9.67. The zero-order valence-corrected chi connectivity index (χ0v) is 34.6. The number of benzene rings is 8. The van der Waals surface area contributed by atoms with E-state index < -0.39 is 0 Å². The van der Waals surface area contributed by atoms with Crippen molar-refractivity contribution in [3.8, 4) is 78.7 Å². The van der Waals surface area contributed by atoms with Crippen LogP contribution in [0.1, 0.15) is 43.2 Å². The van der Waals surface area contributed by atoms with Crippen molar-refractivity contribution in [3.63, 3.8) is 0 Å². The van der Waals surface area contributed by atoms with Crippen LogP contribution in [0.5, 0.6) is 0 Å². The van der Waals surface area contributed by atoms with E-state index >= 15 is 0 Å². The number of fused-ring (bicyclic) bond motifs is 8. The van der Waals surface area contributed by atoms with Crippen molar-refractivity contribution >= 4 is 27.6 Å². The van der Waals surface area contributed by atoms with Crippen LogP contribution in [0, 0.1) is 6.57 Å². The van der Waals surface area contributed by atoms with E-state index in [9.17, 15) is 0 Å². The van der Waals surface area contributed by atoms with Crippen LogP contribution in [-0.4, -0.2) is 15.0 Å². The maximum atomic E-state index is 7.68. The number of aromatic nitrogens is 3.